The number of piperazine rings is 1. The number of aromatic hydroxyl groups is 1. The minimum Gasteiger partial charge on any atom is -0.508 e. The molecule has 1 fully saturated rings. The number of hydrogen-bond acceptors (Lipinski definition) is 3. The number of carbonyl (C=O) groups is 2. The van der Waals surface area contributed by atoms with Crippen LogP contribution >= 0.6 is 0 Å². The Balaban J connectivity index is 1.69. The lowest BCUT2D eigenvalue weighted by molar-refractivity contribution is -0.150. The molecule has 2 amide bonds. The van der Waals surface area contributed by atoms with Crippen molar-refractivity contribution in [1.29, 1.82) is 0 Å². The average Bonchev–Trinajstić information content (AvgIpc) is 2.60. The molecule has 1 aromatic rings. The fourth-order valence-corrected chi connectivity index (χ4v) is 3.19. The van der Waals surface area contributed by atoms with Crippen molar-refractivity contribution in [3.8, 4) is 5.75 Å². The SMILES string of the molecule is O=C1NC[C@H](Cc2ccc(O)cc2)N(CCC2=CC=CCC2)C1=O. The van der Waals surface area contributed by atoms with Crippen LogP contribution in [0.4, 0.5) is 0 Å². The molecule has 2 N–H and O–H groups in total. The molecule has 0 radical (unpaired) electrons. The van der Waals surface area contributed by atoms with Crippen molar-refractivity contribution in [2.45, 2.75) is 31.7 Å². The Kier molecular flexibility index (Phi) is 4.99. The van der Waals surface area contributed by atoms with Gasteiger partial charge in [0.15, 0.2) is 0 Å². The Morgan fingerprint density at radius 1 is 1.21 bits per heavy atom. The number of carbonyl (C=O) groups excluding carboxylic acids is 2. The second-order valence-electron chi connectivity index (χ2n) is 6.27. The van der Waals surface area contributed by atoms with Gasteiger partial charge in [0.25, 0.3) is 0 Å². The molecule has 5 nitrogen and oxygen atoms in total. The van der Waals surface area contributed by atoms with Gasteiger partial charge in [-0.15, -0.1) is 0 Å². The largest absolute Gasteiger partial charge is 0.508 e. The molecule has 1 saturated heterocycles. The van der Waals surface area contributed by atoms with Crippen LogP contribution in [0.5, 0.6) is 5.75 Å². The van der Waals surface area contributed by atoms with E-state index in [-0.39, 0.29) is 11.8 Å². The number of benzene rings is 1. The summed E-state index contributed by atoms with van der Waals surface area (Å²) in [4.78, 5) is 25.7. The Morgan fingerprint density at radius 3 is 2.71 bits per heavy atom. The molecule has 1 aliphatic carbocycles. The maximum absolute atomic E-state index is 12.3. The van der Waals surface area contributed by atoms with E-state index < -0.39 is 11.8 Å². The van der Waals surface area contributed by atoms with Gasteiger partial charge in [-0.05, 0) is 43.4 Å². The molecule has 0 aromatic heterocycles. The van der Waals surface area contributed by atoms with E-state index in [1.165, 1.54) is 5.57 Å². The topological polar surface area (TPSA) is 69.6 Å². The van der Waals surface area contributed by atoms with Gasteiger partial charge in [0.2, 0.25) is 0 Å². The lowest BCUT2D eigenvalue weighted by Gasteiger charge is -2.35. The average molecular weight is 326 g/mol. The first-order valence-corrected chi connectivity index (χ1v) is 8.35. The zero-order chi connectivity index (χ0) is 16.9. The van der Waals surface area contributed by atoms with E-state index in [4.69, 9.17) is 0 Å². The van der Waals surface area contributed by atoms with E-state index >= 15 is 0 Å². The molecule has 1 aliphatic heterocycles. The Morgan fingerprint density at radius 2 is 2.00 bits per heavy atom. The normalized spacial score (nSPS) is 20.8. The number of phenolic OH excluding ortho intramolecular Hbond substituents is 1. The Labute approximate surface area is 141 Å². The van der Waals surface area contributed by atoms with Crippen LogP contribution < -0.4 is 5.32 Å². The van der Waals surface area contributed by atoms with Crippen LogP contribution in [-0.4, -0.2) is 41.0 Å². The number of amides is 2. The highest BCUT2D eigenvalue weighted by atomic mass is 16.3. The number of allylic oxidation sites excluding steroid dienone is 3. The number of rotatable bonds is 5. The van der Waals surface area contributed by atoms with Crippen molar-refractivity contribution >= 4 is 11.8 Å². The summed E-state index contributed by atoms with van der Waals surface area (Å²) in [7, 11) is 0. The van der Waals surface area contributed by atoms with Crippen LogP contribution in [0.25, 0.3) is 0 Å². The van der Waals surface area contributed by atoms with E-state index in [0.717, 1.165) is 24.8 Å². The van der Waals surface area contributed by atoms with Crippen LogP contribution in [0.2, 0.25) is 0 Å². The maximum atomic E-state index is 12.3. The Hall–Kier alpha value is -2.56. The van der Waals surface area contributed by atoms with Gasteiger partial charge in [0.1, 0.15) is 5.75 Å². The van der Waals surface area contributed by atoms with Gasteiger partial charge in [0.05, 0.1) is 6.04 Å². The summed E-state index contributed by atoms with van der Waals surface area (Å²) < 4.78 is 0. The van der Waals surface area contributed by atoms with E-state index in [2.05, 4.69) is 23.5 Å². The van der Waals surface area contributed by atoms with Crippen LogP contribution in [0, 0.1) is 0 Å². The third-order valence-electron chi connectivity index (χ3n) is 4.58. The summed E-state index contributed by atoms with van der Waals surface area (Å²) in [6, 6.07) is 6.93. The minimum atomic E-state index is -0.519. The van der Waals surface area contributed by atoms with Crippen molar-refractivity contribution in [2.24, 2.45) is 0 Å². The lowest BCUT2D eigenvalue weighted by atomic mass is 9.99. The van der Waals surface area contributed by atoms with Crippen LogP contribution in [0.1, 0.15) is 24.8 Å². The van der Waals surface area contributed by atoms with Gasteiger partial charge in [-0.1, -0.05) is 35.9 Å². The zero-order valence-electron chi connectivity index (χ0n) is 13.6. The van der Waals surface area contributed by atoms with Crippen molar-refractivity contribution in [2.75, 3.05) is 13.1 Å². The second-order valence-corrected chi connectivity index (χ2v) is 6.27. The van der Waals surface area contributed by atoms with Gasteiger partial charge in [-0.2, -0.15) is 0 Å². The molecule has 1 aromatic carbocycles. The van der Waals surface area contributed by atoms with Crippen LogP contribution in [0.3, 0.4) is 0 Å². The smallest absolute Gasteiger partial charge is 0.312 e. The second kappa shape index (κ2) is 7.34. The summed E-state index contributed by atoms with van der Waals surface area (Å²) in [5, 5.41) is 12.1. The first-order valence-electron chi connectivity index (χ1n) is 8.35. The van der Waals surface area contributed by atoms with Crippen molar-refractivity contribution in [3.63, 3.8) is 0 Å². The molecular weight excluding hydrogens is 304 g/mol. The quantitative estimate of drug-likeness (QED) is 0.812. The highest BCUT2D eigenvalue weighted by Gasteiger charge is 2.33. The monoisotopic (exact) mass is 326 g/mol. The standard InChI is InChI=1S/C19H22N2O3/c22-17-8-6-15(7-9-17)12-16-13-20-18(23)19(24)21(16)11-10-14-4-2-1-3-5-14/h1-2,4,6-9,16,22H,3,5,10-13H2,(H,20,23)/t16-/m0/s1. The summed E-state index contributed by atoms with van der Waals surface area (Å²) in [6.07, 6.45) is 9.81. The molecule has 3 rings (SSSR count). The lowest BCUT2D eigenvalue weighted by Crippen LogP contribution is -2.58. The third-order valence-corrected chi connectivity index (χ3v) is 4.58. The van der Waals surface area contributed by atoms with E-state index in [1.807, 2.05) is 12.1 Å². The summed E-state index contributed by atoms with van der Waals surface area (Å²) >= 11 is 0. The Bertz CT molecular complexity index is 676. The molecule has 24 heavy (non-hydrogen) atoms. The molecule has 0 spiro atoms. The number of phenols is 1. The fraction of sp³-hybridized carbons (Fsp3) is 0.368. The maximum Gasteiger partial charge on any atom is 0.312 e. The van der Waals surface area contributed by atoms with Crippen LogP contribution in [0.15, 0.2) is 48.1 Å². The molecule has 0 saturated carbocycles. The molecular formula is C19H22N2O3. The van der Waals surface area contributed by atoms with Gasteiger partial charge in [-0.25, -0.2) is 0 Å². The van der Waals surface area contributed by atoms with Crippen molar-refractivity contribution in [3.05, 3.63) is 53.6 Å². The van der Waals surface area contributed by atoms with Gasteiger partial charge in [-0.3, -0.25) is 9.59 Å². The van der Waals surface area contributed by atoms with Gasteiger partial charge in [0, 0.05) is 13.1 Å². The van der Waals surface area contributed by atoms with E-state index in [9.17, 15) is 14.7 Å². The minimum absolute atomic E-state index is 0.0560. The number of nitrogens with one attached hydrogen (secondary N) is 1. The van der Waals surface area contributed by atoms with Crippen molar-refractivity contribution in [1.82, 2.24) is 10.2 Å². The first-order chi connectivity index (χ1) is 11.6. The van der Waals surface area contributed by atoms with Gasteiger partial charge >= 0.3 is 11.8 Å². The summed E-state index contributed by atoms with van der Waals surface area (Å²) in [6.45, 7) is 1.03. The fourth-order valence-electron chi connectivity index (χ4n) is 3.19. The molecule has 0 unspecified atom stereocenters. The molecule has 0 bridgehead atoms. The molecule has 1 heterocycles. The summed E-state index contributed by atoms with van der Waals surface area (Å²) in [5.74, 6) is -0.743. The molecule has 2 aliphatic rings. The first kappa shape index (κ1) is 16.3. The third kappa shape index (κ3) is 3.85. The molecule has 1 atom stereocenters. The number of hydrogen-bond donors (Lipinski definition) is 2. The number of nitrogens with zero attached hydrogens (tertiary/aromatic N) is 1. The van der Waals surface area contributed by atoms with Crippen LogP contribution in [-0.2, 0) is 16.0 Å². The molecule has 126 valence electrons. The van der Waals surface area contributed by atoms with E-state index in [0.29, 0.717) is 19.5 Å². The van der Waals surface area contributed by atoms with Gasteiger partial charge < -0.3 is 15.3 Å². The summed E-state index contributed by atoms with van der Waals surface area (Å²) in [5.41, 5.74) is 2.35. The highest BCUT2D eigenvalue weighted by molar-refractivity contribution is 6.35. The van der Waals surface area contributed by atoms with Crippen molar-refractivity contribution < 1.29 is 14.7 Å². The highest BCUT2D eigenvalue weighted by Crippen LogP contribution is 2.19. The molecule has 5 heteroatoms. The predicted molar refractivity (Wildman–Crippen MR) is 91.4 cm³/mol. The van der Waals surface area contributed by atoms with E-state index in [1.54, 1.807) is 17.0 Å². The zero-order valence-corrected chi connectivity index (χ0v) is 13.6. The predicted octanol–water partition coefficient (Wildman–Crippen LogP) is 1.93.